The first kappa shape index (κ1) is 16.2. The van der Waals surface area contributed by atoms with Crippen LogP contribution in [0.15, 0.2) is 36.7 Å². The lowest BCUT2D eigenvalue weighted by Gasteiger charge is -2.24. The number of hydrogen-bond acceptors (Lipinski definition) is 3. The second-order valence-corrected chi connectivity index (χ2v) is 6.35. The lowest BCUT2D eigenvalue weighted by molar-refractivity contribution is -0.129. The van der Waals surface area contributed by atoms with Crippen molar-refractivity contribution < 1.29 is 9.59 Å². The molecule has 1 aliphatic carbocycles. The van der Waals surface area contributed by atoms with Crippen molar-refractivity contribution in [3.63, 3.8) is 0 Å². The molecule has 0 spiro atoms. The second-order valence-electron chi connectivity index (χ2n) is 6.35. The van der Waals surface area contributed by atoms with E-state index in [0.717, 1.165) is 24.8 Å². The number of benzene rings is 1. The van der Waals surface area contributed by atoms with Crippen LogP contribution in [0.3, 0.4) is 0 Å². The summed E-state index contributed by atoms with van der Waals surface area (Å²) >= 11 is 0. The Bertz CT molecular complexity index is 751. The summed E-state index contributed by atoms with van der Waals surface area (Å²) in [4.78, 5) is 25.9. The van der Waals surface area contributed by atoms with Crippen molar-refractivity contribution in [2.45, 2.75) is 31.7 Å². The molecule has 3 rings (SSSR count). The average molecular weight is 326 g/mol. The number of likely N-dealkylation sites (N-methyl/N-ethyl adjacent to an activating group) is 1. The lowest BCUT2D eigenvalue weighted by atomic mass is 9.82. The molecule has 126 valence electrons. The number of rotatable bonds is 4. The highest BCUT2D eigenvalue weighted by molar-refractivity contribution is 5.96. The summed E-state index contributed by atoms with van der Waals surface area (Å²) in [7, 11) is 3.41. The van der Waals surface area contributed by atoms with Crippen LogP contribution in [0.1, 0.15) is 29.9 Å². The van der Waals surface area contributed by atoms with E-state index >= 15 is 0 Å². The van der Waals surface area contributed by atoms with E-state index in [9.17, 15) is 9.59 Å². The van der Waals surface area contributed by atoms with Crippen molar-refractivity contribution in [2.75, 3.05) is 19.4 Å². The maximum Gasteiger partial charge on any atom is 0.243 e. The lowest BCUT2D eigenvalue weighted by Crippen LogP contribution is -2.26. The van der Waals surface area contributed by atoms with Crippen LogP contribution in [0, 0.1) is 0 Å². The predicted molar refractivity (Wildman–Crippen MR) is 91.7 cm³/mol. The largest absolute Gasteiger partial charge is 0.347 e. The van der Waals surface area contributed by atoms with E-state index in [1.807, 2.05) is 18.2 Å². The molecule has 0 aliphatic heterocycles. The van der Waals surface area contributed by atoms with Gasteiger partial charge in [-0.1, -0.05) is 24.3 Å². The molecular formula is C18H22N4O2. The van der Waals surface area contributed by atoms with E-state index in [4.69, 9.17) is 0 Å². The molecular weight excluding hydrogens is 304 g/mol. The third-order valence-corrected chi connectivity index (χ3v) is 4.38. The Kier molecular flexibility index (Phi) is 4.64. The summed E-state index contributed by atoms with van der Waals surface area (Å²) in [6.45, 7) is 0.162. The number of anilines is 1. The first-order chi connectivity index (χ1) is 11.5. The van der Waals surface area contributed by atoms with Gasteiger partial charge in [0.05, 0.1) is 17.8 Å². The van der Waals surface area contributed by atoms with Crippen molar-refractivity contribution >= 4 is 17.5 Å². The Morgan fingerprint density at radius 3 is 2.92 bits per heavy atom. The van der Waals surface area contributed by atoms with Gasteiger partial charge in [-0.3, -0.25) is 14.3 Å². The maximum absolute atomic E-state index is 12.6. The predicted octanol–water partition coefficient (Wildman–Crippen LogP) is 2.03. The molecule has 1 unspecified atom stereocenters. The van der Waals surface area contributed by atoms with Gasteiger partial charge in [0.25, 0.3) is 0 Å². The highest BCUT2D eigenvalue weighted by Gasteiger charge is 2.26. The molecule has 2 aromatic rings. The van der Waals surface area contributed by atoms with Gasteiger partial charge in [-0.2, -0.15) is 5.10 Å². The molecule has 24 heavy (non-hydrogen) atoms. The summed E-state index contributed by atoms with van der Waals surface area (Å²) in [5.41, 5.74) is 3.00. The molecule has 1 aromatic heterocycles. The molecule has 0 radical (unpaired) electrons. The fourth-order valence-electron chi connectivity index (χ4n) is 3.05. The number of fused-ring (bicyclic) bond motifs is 1. The van der Waals surface area contributed by atoms with Crippen molar-refractivity contribution in [3.05, 3.63) is 47.8 Å². The number of aryl methyl sites for hydroxylation is 1. The Hall–Kier alpha value is -2.63. The number of carbonyl (C=O) groups excluding carboxylic acids is 2. The zero-order valence-corrected chi connectivity index (χ0v) is 14.0. The summed E-state index contributed by atoms with van der Waals surface area (Å²) in [5.74, 6) is -0.181. The fourth-order valence-corrected chi connectivity index (χ4v) is 3.05. The van der Waals surface area contributed by atoms with Crippen LogP contribution in [-0.2, 0) is 22.6 Å². The number of nitrogens with one attached hydrogen (secondary N) is 1. The van der Waals surface area contributed by atoms with E-state index in [1.54, 1.807) is 26.5 Å². The minimum absolute atomic E-state index is 0.0133. The van der Waals surface area contributed by atoms with Crippen molar-refractivity contribution in [1.29, 1.82) is 0 Å². The van der Waals surface area contributed by atoms with Crippen LogP contribution >= 0.6 is 0 Å². The molecule has 0 saturated heterocycles. The molecule has 1 heterocycles. The Morgan fingerprint density at radius 2 is 2.12 bits per heavy atom. The minimum Gasteiger partial charge on any atom is -0.347 e. The van der Waals surface area contributed by atoms with Gasteiger partial charge in [0.15, 0.2) is 0 Å². The van der Waals surface area contributed by atoms with Gasteiger partial charge in [0.1, 0.15) is 6.54 Å². The monoisotopic (exact) mass is 326 g/mol. The SMILES string of the molecule is CN(C)C(=O)Cn1cc(NC(=O)C2CCCc3ccccc32)cn1. The first-order valence-electron chi connectivity index (χ1n) is 8.16. The summed E-state index contributed by atoms with van der Waals surface area (Å²) < 4.78 is 1.53. The number of carbonyl (C=O) groups is 2. The van der Waals surface area contributed by atoms with Gasteiger partial charge in [0, 0.05) is 20.3 Å². The Labute approximate surface area is 141 Å². The van der Waals surface area contributed by atoms with Crippen molar-refractivity contribution in [2.24, 2.45) is 0 Å². The molecule has 6 nitrogen and oxygen atoms in total. The van der Waals surface area contributed by atoms with Crippen molar-refractivity contribution in [3.8, 4) is 0 Å². The van der Waals surface area contributed by atoms with Crippen LogP contribution < -0.4 is 5.32 Å². The normalized spacial score (nSPS) is 16.3. The molecule has 2 amide bonds. The van der Waals surface area contributed by atoms with Gasteiger partial charge in [-0.05, 0) is 30.4 Å². The molecule has 1 N–H and O–H groups in total. The van der Waals surface area contributed by atoms with Gasteiger partial charge in [-0.15, -0.1) is 0 Å². The fraction of sp³-hybridized carbons (Fsp3) is 0.389. The number of hydrogen-bond donors (Lipinski definition) is 1. The van der Waals surface area contributed by atoms with E-state index in [1.165, 1.54) is 15.1 Å². The quantitative estimate of drug-likeness (QED) is 0.935. The Morgan fingerprint density at radius 1 is 1.33 bits per heavy atom. The average Bonchev–Trinajstić information content (AvgIpc) is 3.01. The van der Waals surface area contributed by atoms with Gasteiger partial charge >= 0.3 is 0 Å². The topological polar surface area (TPSA) is 67.2 Å². The number of nitrogens with zero attached hydrogens (tertiary/aromatic N) is 3. The molecule has 0 saturated carbocycles. The molecule has 1 aliphatic rings. The standard InChI is InChI=1S/C18H22N4O2/c1-21(2)17(23)12-22-11-14(10-19-22)20-18(24)16-9-5-7-13-6-3-4-8-15(13)16/h3-4,6,8,10-11,16H,5,7,9,12H2,1-2H3,(H,20,24). The molecule has 1 atom stereocenters. The third-order valence-electron chi connectivity index (χ3n) is 4.38. The Balaban J connectivity index is 1.68. The highest BCUT2D eigenvalue weighted by Crippen LogP contribution is 2.32. The van der Waals surface area contributed by atoms with Crippen LogP contribution in [0.4, 0.5) is 5.69 Å². The van der Waals surface area contributed by atoms with E-state index in [0.29, 0.717) is 5.69 Å². The van der Waals surface area contributed by atoms with E-state index in [2.05, 4.69) is 16.5 Å². The van der Waals surface area contributed by atoms with E-state index < -0.39 is 0 Å². The van der Waals surface area contributed by atoms with Crippen LogP contribution in [0.5, 0.6) is 0 Å². The summed E-state index contributed by atoms with van der Waals surface area (Å²) in [5, 5.41) is 7.06. The van der Waals surface area contributed by atoms with Gasteiger partial charge in [0.2, 0.25) is 11.8 Å². The maximum atomic E-state index is 12.6. The zero-order valence-electron chi connectivity index (χ0n) is 14.0. The first-order valence-corrected chi connectivity index (χ1v) is 8.16. The molecule has 1 aromatic carbocycles. The smallest absolute Gasteiger partial charge is 0.243 e. The second kappa shape index (κ2) is 6.86. The number of amides is 2. The zero-order chi connectivity index (χ0) is 17.1. The minimum atomic E-state index is -0.123. The number of aromatic nitrogens is 2. The van der Waals surface area contributed by atoms with Crippen LogP contribution in [-0.4, -0.2) is 40.6 Å². The molecule has 0 bridgehead atoms. The molecule has 0 fully saturated rings. The summed E-state index contributed by atoms with van der Waals surface area (Å²) in [6.07, 6.45) is 6.18. The van der Waals surface area contributed by atoms with Crippen molar-refractivity contribution in [1.82, 2.24) is 14.7 Å². The summed E-state index contributed by atoms with van der Waals surface area (Å²) in [6, 6.07) is 8.14. The highest BCUT2D eigenvalue weighted by atomic mass is 16.2. The van der Waals surface area contributed by atoms with Gasteiger partial charge < -0.3 is 10.2 Å². The van der Waals surface area contributed by atoms with Crippen LogP contribution in [0.25, 0.3) is 0 Å². The van der Waals surface area contributed by atoms with Gasteiger partial charge in [-0.25, -0.2) is 0 Å². The van der Waals surface area contributed by atoms with Crippen LogP contribution in [0.2, 0.25) is 0 Å². The molecule has 6 heteroatoms. The van der Waals surface area contributed by atoms with E-state index in [-0.39, 0.29) is 24.3 Å². The third kappa shape index (κ3) is 3.48.